The number of anilines is 1. The van der Waals surface area contributed by atoms with Crippen molar-refractivity contribution >= 4 is 5.69 Å². The summed E-state index contributed by atoms with van der Waals surface area (Å²) >= 11 is 0. The van der Waals surface area contributed by atoms with Crippen molar-refractivity contribution < 1.29 is 4.74 Å². The van der Waals surface area contributed by atoms with Crippen molar-refractivity contribution in [3.8, 4) is 11.9 Å². The molecule has 4 nitrogen and oxygen atoms in total. The average Bonchev–Trinajstić information content (AvgIpc) is 2.43. The van der Waals surface area contributed by atoms with Gasteiger partial charge in [-0.05, 0) is 0 Å². The van der Waals surface area contributed by atoms with E-state index in [4.69, 9.17) is 15.7 Å². The molecule has 0 atom stereocenters. The number of methoxy groups -OCH3 is 1. The van der Waals surface area contributed by atoms with Crippen LogP contribution >= 0.6 is 0 Å². The second-order valence-electron chi connectivity index (χ2n) is 2.51. The summed E-state index contributed by atoms with van der Waals surface area (Å²) in [7, 11) is 1.52. The summed E-state index contributed by atoms with van der Waals surface area (Å²) in [6.07, 6.45) is 1.68. The van der Waals surface area contributed by atoms with Gasteiger partial charge in [-0.1, -0.05) is 6.08 Å². The van der Waals surface area contributed by atoms with Crippen molar-refractivity contribution in [1.82, 2.24) is 4.57 Å². The van der Waals surface area contributed by atoms with Crippen LogP contribution in [0.3, 0.4) is 0 Å². The highest BCUT2D eigenvalue weighted by Crippen LogP contribution is 2.25. The Balaban J connectivity index is 3.25. The van der Waals surface area contributed by atoms with E-state index in [9.17, 15) is 0 Å². The van der Waals surface area contributed by atoms with Crippen LogP contribution in [-0.2, 0) is 6.54 Å². The number of hydrogen-bond acceptors (Lipinski definition) is 3. The number of hydrogen-bond donors (Lipinski definition) is 1. The van der Waals surface area contributed by atoms with Crippen LogP contribution in [0.1, 0.15) is 5.69 Å². The van der Waals surface area contributed by atoms with Crippen LogP contribution in [0.5, 0.6) is 5.88 Å². The molecule has 0 spiro atoms. The Morgan fingerprint density at radius 2 is 2.54 bits per heavy atom. The number of nitriles is 1. The van der Waals surface area contributed by atoms with Crippen LogP contribution in [0.2, 0.25) is 0 Å². The molecule has 0 saturated carbocycles. The first kappa shape index (κ1) is 9.20. The Morgan fingerprint density at radius 1 is 1.85 bits per heavy atom. The first-order valence-electron chi connectivity index (χ1n) is 3.78. The molecule has 1 heterocycles. The Hall–Kier alpha value is -1.89. The highest BCUT2D eigenvalue weighted by molar-refractivity contribution is 5.55. The molecular weight excluding hydrogens is 166 g/mol. The second kappa shape index (κ2) is 3.68. The molecule has 68 valence electrons. The number of allylic oxidation sites excluding steroid dienone is 1. The molecule has 0 fully saturated rings. The molecule has 0 saturated heterocycles. The molecule has 1 rings (SSSR count). The lowest BCUT2D eigenvalue weighted by atomic mass is 10.4. The molecule has 0 amide bonds. The van der Waals surface area contributed by atoms with E-state index in [1.165, 1.54) is 7.11 Å². The second-order valence-corrected chi connectivity index (χ2v) is 2.51. The Kier molecular flexibility index (Phi) is 2.60. The first-order chi connectivity index (χ1) is 6.24. The van der Waals surface area contributed by atoms with Crippen molar-refractivity contribution in [1.29, 1.82) is 5.26 Å². The van der Waals surface area contributed by atoms with E-state index in [0.29, 0.717) is 23.8 Å². The normalized spacial score (nSPS) is 9.23. The number of aromatic nitrogens is 1. The molecule has 4 heteroatoms. The van der Waals surface area contributed by atoms with Crippen molar-refractivity contribution in [2.24, 2.45) is 0 Å². The molecule has 0 bridgehead atoms. The van der Waals surface area contributed by atoms with Gasteiger partial charge in [-0.25, -0.2) is 0 Å². The zero-order chi connectivity index (χ0) is 9.84. The van der Waals surface area contributed by atoms with E-state index in [2.05, 4.69) is 6.58 Å². The molecule has 0 radical (unpaired) electrons. The molecule has 0 unspecified atom stereocenters. The lowest BCUT2D eigenvalue weighted by Crippen LogP contribution is -2.01. The van der Waals surface area contributed by atoms with E-state index >= 15 is 0 Å². The summed E-state index contributed by atoms with van der Waals surface area (Å²) in [5.41, 5.74) is 6.58. The third kappa shape index (κ3) is 1.49. The van der Waals surface area contributed by atoms with Crippen molar-refractivity contribution in [3.05, 3.63) is 24.4 Å². The molecule has 0 aliphatic carbocycles. The zero-order valence-electron chi connectivity index (χ0n) is 7.45. The molecule has 1 aromatic heterocycles. The van der Waals surface area contributed by atoms with Gasteiger partial charge in [0.25, 0.3) is 0 Å². The zero-order valence-corrected chi connectivity index (χ0v) is 7.45. The topological polar surface area (TPSA) is 64.0 Å². The SMILES string of the molecule is C=CCn1c(C#N)cc(N)c1OC. The third-order valence-electron chi connectivity index (χ3n) is 1.69. The van der Waals surface area contributed by atoms with Crippen molar-refractivity contribution in [3.63, 3.8) is 0 Å². The van der Waals surface area contributed by atoms with Gasteiger partial charge in [0.15, 0.2) is 0 Å². The Morgan fingerprint density at radius 3 is 3.00 bits per heavy atom. The maximum atomic E-state index is 8.76. The van der Waals surface area contributed by atoms with Crippen LogP contribution in [0, 0.1) is 11.3 Å². The predicted molar refractivity (Wildman–Crippen MR) is 50.3 cm³/mol. The van der Waals surface area contributed by atoms with Gasteiger partial charge in [0.2, 0.25) is 5.88 Å². The smallest absolute Gasteiger partial charge is 0.218 e. The minimum Gasteiger partial charge on any atom is -0.481 e. The highest BCUT2D eigenvalue weighted by Gasteiger charge is 2.11. The molecule has 0 aromatic carbocycles. The fourth-order valence-corrected chi connectivity index (χ4v) is 1.18. The van der Waals surface area contributed by atoms with Crippen LogP contribution in [-0.4, -0.2) is 11.7 Å². The Labute approximate surface area is 76.8 Å². The number of ether oxygens (including phenoxy) is 1. The minimum atomic E-state index is 0.473. The summed E-state index contributed by atoms with van der Waals surface area (Å²) in [6.45, 7) is 4.11. The lowest BCUT2D eigenvalue weighted by Gasteiger charge is -2.06. The number of nitrogens with two attached hydrogens (primary N) is 1. The maximum absolute atomic E-state index is 8.76. The largest absolute Gasteiger partial charge is 0.481 e. The van der Waals surface area contributed by atoms with Crippen molar-refractivity contribution in [2.45, 2.75) is 6.54 Å². The van der Waals surface area contributed by atoms with Gasteiger partial charge in [0, 0.05) is 12.6 Å². The van der Waals surface area contributed by atoms with Gasteiger partial charge in [-0.15, -0.1) is 6.58 Å². The summed E-state index contributed by atoms with van der Waals surface area (Å²) in [5, 5.41) is 8.76. The summed E-state index contributed by atoms with van der Waals surface area (Å²) in [5.74, 6) is 0.511. The third-order valence-corrected chi connectivity index (χ3v) is 1.69. The van der Waals surface area contributed by atoms with E-state index in [0.717, 1.165) is 0 Å². The van der Waals surface area contributed by atoms with Gasteiger partial charge < -0.3 is 10.5 Å². The van der Waals surface area contributed by atoms with Gasteiger partial charge in [-0.3, -0.25) is 4.57 Å². The van der Waals surface area contributed by atoms with Gasteiger partial charge in [0.05, 0.1) is 12.8 Å². The fourth-order valence-electron chi connectivity index (χ4n) is 1.18. The number of rotatable bonds is 3. The quantitative estimate of drug-likeness (QED) is 0.704. The first-order valence-corrected chi connectivity index (χ1v) is 3.78. The molecule has 13 heavy (non-hydrogen) atoms. The minimum absolute atomic E-state index is 0.473. The molecule has 2 N–H and O–H groups in total. The highest BCUT2D eigenvalue weighted by atomic mass is 16.5. The lowest BCUT2D eigenvalue weighted by molar-refractivity contribution is 0.379. The van der Waals surface area contributed by atoms with Gasteiger partial charge >= 0.3 is 0 Å². The van der Waals surface area contributed by atoms with Crippen LogP contribution in [0.4, 0.5) is 5.69 Å². The van der Waals surface area contributed by atoms with Crippen LogP contribution in [0.25, 0.3) is 0 Å². The maximum Gasteiger partial charge on any atom is 0.218 e. The molecule has 0 aliphatic heterocycles. The van der Waals surface area contributed by atoms with Crippen LogP contribution in [0.15, 0.2) is 18.7 Å². The monoisotopic (exact) mass is 177 g/mol. The molecule has 0 aliphatic rings. The van der Waals surface area contributed by atoms with E-state index < -0.39 is 0 Å². The standard InChI is InChI=1S/C9H11N3O/c1-3-4-12-7(6-10)5-8(11)9(12)13-2/h3,5H,1,4,11H2,2H3. The molecule has 1 aromatic rings. The number of nitrogens with zero attached hydrogens (tertiary/aromatic N) is 2. The van der Waals surface area contributed by atoms with E-state index in [1.54, 1.807) is 16.7 Å². The predicted octanol–water partition coefficient (Wildman–Crippen LogP) is 1.14. The number of nitrogen functional groups attached to an aromatic ring is 1. The average molecular weight is 177 g/mol. The van der Waals surface area contributed by atoms with Crippen molar-refractivity contribution in [2.75, 3.05) is 12.8 Å². The van der Waals surface area contributed by atoms with E-state index in [-0.39, 0.29) is 0 Å². The molecular formula is C9H11N3O. The summed E-state index contributed by atoms with van der Waals surface area (Å²) in [6, 6.07) is 3.62. The summed E-state index contributed by atoms with van der Waals surface area (Å²) < 4.78 is 6.72. The Bertz CT molecular complexity index is 360. The van der Waals surface area contributed by atoms with Gasteiger partial charge in [-0.2, -0.15) is 5.26 Å². The fraction of sp³-hybridized carbons (Fsp3) is 0.222. The van der Waals surface area contributed by atoms with Gasteiger partial charge in [0.1, 0.15) is 11.8 Å². The van der Waals surface area contributed by atoms with Crippen LogP contribution < -0.4 is 10.5 Å². The van der Waals surface area contributed by atoms with E-state index in [1.807, 2.05) is 6.07 Å². The summed E-state index contributed by atoms with van der Waals surface area (Å²) in [4.78, 5) is 0.